The van der Waals surface area contributed by atoms with Crippen molar-refractivity contribution in [2.24, 2.45) is 5.41 Å². The number of ether oxygens (including phenoxy) is 1. The number of piperidine rings is 1. The first-order valence-corrected chi connectivity index (χ1v) is 6.45. The minimum absolute atomic E-state index is 0.475. The van der Waals surface area contributed by atoms with Crippen LogP contribution in [0.2, 0.25) is 0 Å². The summed E-state index contributed by atoms with van der Waals surface area (Å²) in [4.78, 5) is 21.9. The summed E-state index contributed by atoms with van der Waals surface area (Å²) in [5.41, 5.74) is -0.581. The monoisotopic (exact) mass is 265 g/mol. The summed E-state index contributed by atoms with van der Waals surface area (Å²) >= 11 is 0. The van der Waals surface area contributed by atoms with Crippen molar-refractivity contribution in [2.45, 2.75) is 26.2 Å². The number of anilines is 1. The lowest BCUT2D eigenvalue weighted by atomic mass is 9.76. The summed E-state index contributed by atoms with van der Waals surface area (Å²) < 4.78 is 5.05. The molecule has 2 rings (SSSR count). The maximum atomic E-state index is 11.4. The second kappa shape index (κ2) is 5.42. The number of aliphatic carboxylic acids is 1. The summed E-state index contributed by atoms with van der Waals surface area (Å²) in [5, 5.41) is 9.36. The van der Waals surface area contributed by atoms with Gasteiger partial charge in [-0.25, -0.2) is 0 Å². The Morgan fingerprint density at radius 2 is 2.16 bits per heavy atom. The zero-order chi connectivity index (χ0) is 13.9. The van der Waals surface area contributed by atoms with E-state index in [0.29, 0.717) is 38.2 Å². The van der Waals surface area contributed by atoms with Crippen LogP contribution >= 0.6 is 0 Å². The van der Waals surface area contributed by atoms with Gasteiger partial charge in [-0.2, -0.15) is 4.98 Å². The normalized spacial score (nSPS) is 18.1. The van der Waals surface area contributed by atoms with E-state index in [1.165, 1.54) is 0 Å². The van der Waals surface area contributed by atoms with Gasteiger partial charge in [-0.3, -0.25) is 9.78 Å². The summed E-state index contributed by atoms with van der Waals surface area (Å²) in [6.45, 7) is 3.30. The second-order valence-electron chi connectivity index (χ2n) is 4.85. The van der Waals surface area contributed by atoms with E-state index in [2.05, 4.69) is 14.9 Å². The molecule has 104 valence electrons. The lowest BCUT2D eigenvalue weighted by molar-refractivity contribution is -0.150. The van der Waals surface area contributed by atoms with Gasteiger partial charge < -0.3 is 14.7 Å². The van der Waals surface area contributed by atoms with Gasteiger partial charge in [0.25, 0.3) is 0 Å². The fraction of sp³-hybridized carbons (Fsp3) is 0.615. The van der Waals surface area contributed by atoms with Crippen LogP contribution in [-0.2, 0) is 4.79 Å². The van der Waals surface area contributed by atoms with E-state index in [0.717, 1.165) is 5.82 Å². The molecule has 1 N–H and O–H groups in total. The standard InChI is InChI=1S/C13H19N3O3/c1-3-13(12(17)18)4-6-16(7-5-13)10-8-14-9-11(15-10)19-2/h8-9H,3-7H2,1-2H3,(H,17,18). The SMILES string of the molecule is CCC1(C(=O)O)CCN(c2cncc(OC)n2)CC1. The summed E-state index contributed by atoms with van der Waals surface area (Å²) in [7, 11) is 1.55. The average Bonchev–Trinajstić information content (AvgIpc) is 2.47. The van der Waals surface area contributed by atoms with E-state index in [-0.39, 0.29) is 0 Å². The van der Waals surface area contributed by atoms with Crippen molar-refractivity contribution >= 4 is 11.8 Å². The molecule has 1 fully saturated rings. The Bertz CT molecular complexity index is 456. The van der Waals surface area contributed by atoms with E-state index in [9.17, 15) is 9.90 Å². The molecule has 1 aliphatic rings. The van der Waals surface area contributed by atoms with Crippen molar-refractivity contribution in [3.63, 3.8) is 0 Å². The molecule has 0 bridgehead atoms. The molecule has 2 heterocycles. The van der Waals surface area contributed by atoms with Crippen molar-refractivity contribution < 1.29 is 14.6 Å². The minimum Gasteiger partial charge on any atom is -0.481 e. The van der Waals surface area contributed by atoms with Gasteiger partial charge in [0.1, 0.15) is 0 Å². The fourth-order valence-corrected chi connectivity index (χ4v) is 2.47. The van der Waals surface area contributed by atoms with E-state index in [1.54, 1.807) is 19.5 Å². The Hall–Kier alpha value is -1.85. The molecule has 0 saturated carbocycles. The third-order valence-electron chi connectivity index (χ3n) is 3.98. The molecule has 0 aromatic carbocycles. The number of carboxylic acid groups (broad SMARTS) is 1. The van der Waals surface area contributed by atoms with Gasteiger partial charge in [0.05, 0.1) is 24.9 Å². The second-order valence-corrected chi connectivity index (χ2v) is 4.85. The number of aromatic nitrogens is 2. The van der Waals surface area contributed by atoms with Gasteiger partial charge in [-0.05, 0) is 19.3 Å². The molecule has 1 aromatic rings. The van der Waals surface area contributed by atoms with E-state index < -0.39 is 11.4 Å². The molecule has 0 aliphatic carbocycles. The average molecular weight is 265 g/mol. The molecule has 0 amide bonds. The highest BCUT2D eigenvalue weighted by atomic mass is 16.5. The fourth-order valence-electron chi connectivity index (χ4n) is 2.47. The van der Waals surface area contributed by atoms with Crippen LogP contribution in [-0.4, -0.2) is 41.2 Å². The lowest BCUT2D eigenvalue weighted by Crippen LogP contribution is -2.44. The molecule has 0 atom stereocenters. The Morgan fingerprint density at radius 1 is 1.47 bits per heavy atom. The van der Waals surface area contributed by atoms with Crippen LogP contribution in [0.15, 0.2) is 12.4 Å². The number of hydrogen-bond donors (Lipinski definition) is 1. The molecule has 6 heteroatoms. The highest BCUT2D eigenvalue weighted by molar-refractivity contribution is 5.75. The number of nitrogens with zero attached hydrogens (tertiary/aromatic N) is 3. The van der Waals surface area contributed by atoms with Gasteiger partial charge in [0.15, 0.2) is 5.82 Å². The Morgan fingerprint density at radius 3 is 2.68 bits per heavy atom. The number of carboxylic acids is 1. The van der Waals surface area contributed by atoms with Crippen molar-refractivity contribution in [2.75, 3.05) is 25.1 Å². The lowest BCUT2D eigenvalue weighted by Gasteiger charge is -2.38. The first-order chi connectivity index (χ1) is 9.11. The quantitative estimate of drug-likeness (QED) is 0.890. The zero-order valence-electron chi connectivity index (χ0n) is 11.3. The molecule has 0 radical (unpaired) electrons. The molecule has 1 saturated heterocycles. The van der Waals surface area contributed by atoms with Crippen LogP contribution < -0.4 is 9.64 Å². The number of carbonyl (C=O) groups is 1. The topological polar surface area (TPSA) is 75.5 Å². The van der Waals surface area contributed by atoms with Crippen molar-refractivity contribution in [3.05, 3.63) is 12.4 Å². The van der Waals surface area contributed by atoms with Crippen LogP contribution in [0.5, 0.6) is 5.88 Å². The maximum Gasteiger partial charge on any atom is 0.309 e. The highest BCUT2D eigenvalue weighted by Crippen LogP contribution is 2.36. The molecule has 1 aromatic heterocycles. The number of methoxy groups -OCH3 is 1. The minimum atomic E-state index is -0.689. The van der Waals surface area contributed by atoms with Crippen molar-refractivity contribution in [3.8, 4) is 5.88 Å². The molecular formula is C13H19N3O3. The molecule has 1 aliphatic heterocycles. The Balaban J connectivity index is 2.09. The number of hydrogen-bond acceptors (Lipinski definition) is 5. The van der Waals surface area contributed by atoms with Crippen LogP contribution in [0.25, 0.3) is 0 Å². The summed E-state index contributed by atoms with van der Waals surface area (Å²) in [6, 6.07) is 0. The molecule has 19 heavy (non-hydrogen) atoms. The van der Waals surface area contributed by atoms with E-state index in [4.69, 9.17) is 4.74 Å². The third kappa shape index (κ3) is 2.62. The smallest absolute Gasteiger partial charge is 0.309 e. The first-order valence-electron chi connectivity index (χ1n) is 6.45. The van der Waals surface area contributed by atoms with Crippen LogP contribution in [0, 0.1) is 5.41 Å². The molecule has 0 spiro atoms. The van der Waals surface area contributed by atoms with Gasteiger partial charge in [0.2, 0.25) is 5.88 Å². The first kappa shape index (κ1) is 13.6. The maximum absolute atomic E-state index is 11.4. The van der Waals surface area contributed by atoms with Gasteiger partial charge in [0, 0.05) is 13.1 Å². The van der Waals surface area contributed by atoms with E-state index >= 15 is 0 Å². The van der Waals surface area contributed by atoms with Crippen LogP contribution in [0.3, 0.4) is 0 Å². The van der Waals surface area contributed by atoms with Gasteiger partial charge >= 0.3 is 5.97 Å². The van der Waals surface area contributed by atoms with Crippen LogP contribution in [0.4, 0.5) is 5.82 Å². The van der Waals surface area contributed by atoms with Crippen molar-refractivity contribution in [1.29, 1.82) is 0 Å². The van der Waals surface area contributed by atoms with E-state index in [1.807, 2.05) is 6.92 Å². The molecule has 6 nitrogen and oxygen atoms in total. The van der Waals surface area contributed by atoms with Crippen LogP contribution in [0.1, 0.15) is 26.2 Å². The van der Waals surface area contributed by atoms with Gasteiger partial charge in [-0.15, -0.1) is 0 Å². The summed E-state index contributed by atoms with van der Waals surface area (Å²) in [5.74, 6) is 0.531. The van der Waals surface area contributed by atoms with Gasteiger partial charge in [-0.1, -0.05) is 6.92 Å². The predicted molar refractivity (Wildman–Crippen MR) is 70.4 cm³/mol. The molecular weight excluding hydrogens is 246 g/mol. The number of rotatable bonds is 4. The Kier molecular flexibility index (Phi) is 3.87. The highest BCUT2D eigenvalue weighted by Gasteiger charge is 2.40. The Labute approximate surface area is 112 Å². The van der Waals surface area contributed by atoms with Crippen molar-refractivity contribution in [1.82, 2.24) is 9.97 Å². The summed E-state index contributed by atoms with van der Waals surface area (Å²) in [6.07, 6.45) is 5.18. The zero-order valence-corrected chi connectivity index (χ0v) is 11.3. The predicted octanol–water partition coefficient (Wildman–Crippen LogP) is 1.57. The largest absolute Gasteiger partial charge is 0.481 e. The third-order valence-corrected chi connectivity index (χ3v) is 3.98. The molecule has 0 unspecified atom stereocenters.